The van der Waals surface area contributed by atoms with Crippen molar-refractivity contribution in [1.82, 2.24) is 30.8 Å². The van der Waals surface area contributed by atoms with Crippen molar-refractivity contribution in [2.24, 2.45) is 5.92 Å². The molecule has 2 aromatic carbocycles. The molecule has 266 valence electrons. The number of ether oxygens (including phenoxy) is 1. The minimum absolute atomic E-state index is 0.107. The van der Waals surface area contributed by atoms with Crippen LogP contribution in [0, 0.1) is 5.92 Å². The fourth-order valence-corrected chi connectivity index (χ4v) is 6.15. The van der Waals surface area contributed by atoms with E-state index in [4.69, 9.17) is 9.15 Å². The van der Waals surface area contributed by atoms with E-state index in [-0.39, 0.29) is 31.4 Å². The van der Waals surface area contributed by atoms with E-state index in [1.807, 2.05) is 79.9 Å². The Bertz CT molecular complexity index is 1630. The Kier molecular flexibility index (Phi) is 14.6. The molecule has 0 radical (unpaired) electrons. The standard InChI is InChI=1S/C37H46N6O6S/c1-5-12-33-39-29(23-50-33)21-43(4)36(46)42-34(25(2)3)35(45)40-28(17-26-13-8-6-9-14-26)19-32(44)31(18-27-15-10-7-11-16-27)41-37(47)48-22-30-20-38-24-49-30/h5-11,13-16,20,23-25,28,31-32,34,44H,1,12,17-19,21-22H2,2-4H3,(H,40,45)(H,41,47)(H,42,46)/t28-,31-,32-,34-/m0/s1. The third-order valence-corrected chi connectivity index (χ3v) is 8.90. The quantitative estimate of drug-likeness (QED) is 0.105. The zero-order valence-electron chi connectivity index (χ0n) is 28.7. The molecule has 4 aromatic rings. The number of oxazole rings is 1. The van der Waals surface area contributed by atoms with Crippen molar-refractivity contribution < 1.29 is 28.6 Å². The first kappa shape index (κ1) is 37.8. The summed E-state index contributed by atoms with van der Waals surface area (Å²) >= 11 is 1.51. The van der Waals surface area contributed by atoms with Crippen molar-refractivity contribution in [2.45, 2.75) is 76.9 Å². The number of nitrogens with one attached hydrogen (secondary N) is 3. The Morgan fingerprint density at radius 3 is 2.32 bits per heavy atom. The summed E-state index contributed by atoms with van der Waals surface area (Å²) in [7, 11) is 1.65. The smallest absolute Gasteiger partial charge is 0.407 e. The van der Waals surface area contributed by atoms with Gasteiger partial charge in [-0.3, -0.25) is 4.79 Å². The van der Waals surface area contributed by atoms with Gasteiger partial charge < -0.3 is 35.1 Å². The predicted octanol–water partition coefficient (Wildman–Crippen LogP) is 5.04. The number of hydrogen-bond donors (Lipinski definition) is 4. The Hall–Kier alpha value is -5.01. The zero-order valence-corrected chi connectivity index (χ0v) is 29.5. The normalized spacial score (nSPS) is 13.5. The van der Waals surface area contributed by atoms with Crippen LogP contribution in [0.25, 0.3) is 0 Å². The van der Waals surface area contributed by atoms with Crippen molar-refractivity contribution in [3.05, 3.63) is 119 Å². The number of allylic oxidation sites excluding steroid dienone is 1. The van der Waals surface area contributed by atoms with E-state index in [1.165, 1.54) is 28.8 Å². The SMILES string of the molecule is C=CCc1nc(CN(C)C(=O)N[C@H](C(=O)N[C@@H](Cc2ccccc2)C[C@H](O)[C@H](Cc2ccccc2)NC(=O)OCc2cnco2)C(C)C)cs1. The maximum Gasteiger partial charge on any atom is 0.407 e. The van der Waals surface area contributed by atoms with Crippen molar-refractivity contribution in [1.29, 1.82) is 0 Å². The Morgan fingerprint density at radius 1 is 1.02 bits per heavy atom. The van der Waals surface area contributed by atoms with Gasteiger partial charge in [0.1, 0.15) is 6.04 Å². The molecule has 0 spiro atoms. The van der Waals surface area contributed by atoms with Gasteiger partial charge in [0.15, 0.2) is 18.8 Å². The molecule has 0 saturated heterocycles. The summed E-state index contributed by atoms with van der Waals surface area (Å²) in [5.74, 6) is -0.236. The summed E-state index contributed by atoms with van der Waals surface area (Å²) in [4.78, 5) is 49.8. The number of carbonyl (C=O) groups is 3. The second-order valence-corrected chi connectivity index (χ2v) is 13.4. The topological polar surface area (TPSA) is 159 Å². The highest BCUT2D eigenvalue weighted by molar-refractivity contribution is 7.09. The lowest BCUT2D eigenvalue weighted by Crippen LogP contribution is -2.55. The Balaban J connectivity index is 1.46. The molecular formula is C37H46N6O6S. The molecule has 4 amide bonds. The molecule has 0 aliphatic heterocycles. The molecule has 0 saturated carbocycles. The van der Waals surface area contributed by atoms with Crippen LogP contribution < -0.4 is 16.0 Å². The van der Waals surface area contributed by atoms with Gasteiger partial charge in [-0.1, -0.05) is 80.6 Å². The lowest BCUT2D eigenvalue weighted by Gasteiger charge is -2.30. The van der Waals surface area contributed by atoms with Gasteiger partial charge in [-0.25, -0.2) is 19.6 Å². The number of aliphatic hydroxyl groups is 1. The van der Waals surface area contributed by atoms with Gasteiger partial charge in [-0.2, -0.15) is 0 Å². The molecule has 4 N–H and O–H groups in total. The van der Waals surface area contributed by atoms with E-state index in [2.05, 4.69) is 32.5 Å². The van der Waals surface area contributed by atoms with Crippen LogP contribution in [0.1, 0.15) is 47.9 Å². The predicted molar refractivity (Wildman–Crippen MR) is 191 cm³/mol. The number of thiazole rings is 1. The number of urea groups is 1. The molecule has 4 atom stereocenters. The second kappa shape index (κ2) is 19.2. The molecular weight excluding hydrogens is 657 g/mol. The molecule has 0 aliphatic rings. The van der Waals surface area contributed by atoms with Gasteiger partial charge in [-0.15, -0.1) is 17.9 Å². The van der Waals surface area contributed by atoms with Crippen molar-refractivity contribution in [3.63, 3.8) is 0 Å². The van der Waals surface area contributed by atoms with Crippen LogP contribution in [0.15, 0.2) is 95.7 Å². The first-order valence-corrected chi connectivity index (χ1v) is 17.4. The average Bonchev–Trinajstić information content (AvgIpc) is 3.79. The van der Waals surface area contributed by atoms with Crippen LogP contribution in [0.2, 0.25) is 0 Å². The van der Waals surface area contributed by atoms with E-state index in [1.54, 1.807) is 13.1 Å². The van der Waals surface area contributed by atoms with Gasteiger partial charge >= 0.3 is 12.1 Å². The summed E-state index contributed by atoms with van der Waals surface area (Å²) in [5.41, 5.74) is 2.61. The van der Waals surface area contributed by atoms with Gasteiger partial charge in [-0.05, 0) is 36.3 Å². The van der Waals surface area contributed by atoms with Crippen LogP contribution in [0.4, 0.5) is 9.59 Å². The largest absolute Gasteiger partial charge is 0.445 e. The van der Waals surface area contributed by atoms with E-state index in [9.17, 15) is 19.5 Å². The second-order valence-electron chi connectivity index (χ2n) is 12.4. The molecule has 4 rings (SSSR count). The molecule has 0 unspecified atom stereocenters. The number of carbonyl (C=O) groups excluding carboxylic acids is 3. The molecule has 12 nitrogen and oxygen atoms in total. The van der Waals surface area contributed by atoms with Crippen LogP contribution in [0.5, 0.6) is 0 Å². The third kappa shape index (κ3) is 12.1. The fraction of sp³-hybridized carbons (Fsp3) is 0.378. The van der Waals surface area contributed by atoms with Crippen LogP contribution in [-0.4, -0.2) is 69.3 Å². The summed E-state index contributed by atoms with van der Waals surface area (Å²) < 4.78 is 10.5. The van der Waals surface area contributed by atoms with Gasteiger partial charge in [0.2, 0.25) is 5.91 Å². The van der Waals surface area contributed by atoms with Crippen LogP contribution in [0.3, 0.4) is 0 Å². The van der Waals surface area contributed by atoms with Gasteiger partial charge in [0.25, 0.3) is 0 Å². The third-order valence-electron chi connectivity index (χ3n) is 7.98. The lowest BCUT2D eigenvalue weighted by molar-refractivity contribution is -0.124. The fourth-order valence-electron chi connectivity index (χ4n) is 5.36. The number of hydrogen-bond acceptors (Lipinski definition) is 9. The van der Waals surface area contributed by atoms with E-state index >= 15 is 0 Å². The molecule has 0 bridgehead atoms. The van der Waals surface area contributed by atoms with Crippen LogP contribution in [-0.2, 0) is 41.9 Å². The maximum absolute atomic E-state index is 13.8. The van der Waals surface area contributed by atoms with Crippen molar-refractivity contribution >= 4 is 29.4 Å². The summed E-state index contributed by atoms with van der Waals surface area (Å²) in [6.45, 7) is 7.62. The number of aliphatic hydroxyl groups excluding tert-OH is 1. The van der Waals surface area contributed by atoms with Crippen molar-refractivity contribution in [3.8, 4) is 0 Å². The summed E-state index contributed by atoms with van der Waals surface area (Å²) in [5, 5.41) is 23.2. The average molecular weight is 703 g/mol. The van der Waals surface area contributed by atoms with E-state index in [0.717, 1.165) is 21.8 Å². The van der Waals surface area contributed by atoms with Gasteiger partial charge in [0, 0.05) is 24.9 Å². The molecule has 13 heteroatoms. The number of amides is 4. The first-order valence-electron chi connectivity index (χ1n) is 16.5. The highest BCUT2D eigenvalue weighted by Gasteiger charge is 2.31. The van der Waals surface area contributed by atoms with Crippen LogP contribution >= 0.6 is 11.3 Å². The van der Waals surface area contributed by atoms with E-state index < -0.39 is 36.4 Å². The first-order chi connectivity index (χ1) is 24.1. The summed E-state index contributed by atoms with van der Waals surface area (Å²) in [6.07, 6.45) is 4.16. The molecule has 50 heavy (non-hydrogen) atoms. The molecule has 2 heterocycles. The monoisotopic (exact) mass is 702 g/mol. The number of alkyl carbamates (subject to hydrolysis) is 1. The number of nitrogens with zero attached hydrogens (tertiary/aromatic N) is 3. The maximum atomic E-state index is 13.8. The highest BCUT2D eigenvalue weighted by Crippen LogP contribution is 2.16. The molecule has 0 fully saturated rings. The summed E-state index contributed by atoms with van der Waals surface area (Å²) in [6, 6.07) is 16.5. The lowest BCUT2D eigenvalue weighted by atomic mass is 9.93. The van der Waals surface area contributed by atoms with E-state index in [0.29, 0.717) is 25.0 Å². The zero-order chi connectivity index (χ0) is 35.9. The van der Waals surface area contributed by atoms with Gasteiger partial charge in [0.05, 0.1) is 35.6 Å². The molecule has 2 aromatic heterocycles. The van der Waals surface area contributed by atoms with Crippen molar-refractivity contribution in [2.75, 3.05) is 7.05 Å². The Morgan fingerprint density at radius 2 is 1.70 bits per heavy atom. The number of rotatable bonds is 18. The Labute approximate surface area is 297 Å². The molecule has 0 aliphatic carbocycles. The number of benzene rings is 2. The minimum atomic E-state index is -1.08. The highest BCUT2D eigenvalue weighted by atomic mass is 32.1. The number of aromatic nitrogens is 2. The minimum Gasteiger partial charge on any atom is -0.445 e.